The number of nitrogens with zero attached hydrogens (tertiary/aromatic N) is 2. The van der Waals surface area contributed by atoms with Crippen LogP contribution in [-0.4, -0.2) is 61.1 Å². The van der Waals surface area contributed by atoms with Crippen LogP contribution in [0.25, 0.3) is 0 Å². The second kappa shape index (κ2) is 8.27. The first kappa shape index (κ1) is 18.9. The first-order chi connectivity index (χ1) is 13.2. The maximum absolute atomic E-state index is 13.4. The van der Waals surface area contributed by atoms with Gasteiger partial charge in [0.25, 0.3) is 0 Å². The standard InChI is InChI=1S/C22H31FN2O2/c1-27-14-4-2-3-5-20(26)25-15-19(16-6-8-18(23)9-7-16)22-21(25)17-10-12-24(22)13-11-17/h6-9,17,19,21-22H,2-5,10-15H2,1H3/t19-,21+,22+/m0/s1. The Bertz CT molecular complexity index is 642. The van der Waals surface area contributed by atoms with Crippen molar-refractivity contribution < 1.29 is 13.9 Å². The highest BCUT2D eigenvalue weighted by Crippen LogP contribution is 2.46. The van der Waals surface area contributed by atoms with Crippen LogP contribution in [0.5, 0.6) is 0 Å². The summed E-state index contributed by atoms with van der Waals surface area (Å²) in [4.78, 5) is 17.8. The summed E-state index contributed by atoms with van der Waals surface area (Å²) in [6.07, 6.45) is 6.04. The zero-order valence-electron chi connectivity index (χ0n) is 16.3. The molecule has 4 nitrogen and oxygen atoms in total. The monoisotopic (exact) mass is 374 g/mol. The number of hydrogen-bond acceptors (Lipinski definition) is 3. The third-order valence-corrected chi connectivity index (χ3v) is 6.85. The molecule has 0 aliphatic carbocycles. The quantitative estimate of drug-likeness (QED) is 0.686. The van der Waals surface area contributed by atoms with Crippen molar-refractivity contribution in [3.63, 3.8) is 0 Å². The Kier molecular flexibility index (Phi) is 5.79. The number of hydrogen-bond donors (Lipinski definition) is 0. The van der Waals surface area contributed by atoms with Gasteiger partial charge in [0.2, 0.25) is 5.91 Å². The fraction of sp³-hybridized carbons (Fsp3) is 0.682. The van der Waals surface area contributed by atoms with E-state index in [1.165, 1.54) is 18.4 Å². The Morgan fingerprint density at radius 1 is 1.11 bits per heavy atom. The summed E-state index contributed by atoms with van der Waals surface area (Å²) >= 11 is 0. The number of unbranched alkanes of at least 4 members (excludes halogenated alkanes) is 2. The summed E-state index contributed by atoms with van der Waals surface area (Å²) < 4.78 is 18.5. The van der Waals surface area contributed by atoms with Gasteiger partial charge in [0.15, 0.2) is 0 Å². The molecule has 0 aromatic heterocycles. The minimum absolute atomic E-state index is 0.192. The molecule has 1 aromatic rings. The number of fused-ring (bicyclic) bond motifs is 2. The van der Waals surface area contributed by atoms with E-state index in [0.29, 0.717) is 36.2 Å². The van der Waals surface area contributed by atoms with Gasteiger partial charge < -0.3 is 9.64 Å². The number of benzene rings is 1. The third kappa shape index (κ3) is 3.77. The van der Waals surface area contributed by atoms with Gasteiger partial charge in [-0.05, 0) is 62.4 Å². The molecule has 3 atom stereocenters. The molecule has 0 saturated carbocycles. The third-order valence-electron chi connectivity index (χ3n) is 6.85. The van der Waals surface area contributed by atoms with Crippen molar-refractivity contribution in [3.8, 4) is 0 Å². The van der Waals surface area contributed by atoms with Crippen LogP contribution in [0.1, 0.15) is 50.0 Å². The van der Waals surface area contributed by atoms with Crippen LogP contribution < -0.4 is 0 Å². The summed E-state index contributed by atoms with van der Waals surface area (Å²) in [5.74, 6) is 1.04. The molecule has 4 aliphatic rings. The van der Waals surface area contributed by atoms with Gasteiger partial charge in [0.1, 0.15) is 5.82 Å². The van der Waals surface area contributed by atoms with Crippen molar-refractivity contribution in [1.82, 2.24) is 9.80 Å². The van der Waals surface area contributed by atoms with E-state index < -0.39 is 0 Å². The maximum Gasteiger partial charge on any atom is 0.222 e. The molecule has 0 radical (unpaired) electrons. The summed E-state index contributed by atoms with van der Waals surface area (Å²) in [7, 11) is 1.72. The number of piperidine rings is 3. The number of carbonyl (C=O) groups excluding carboxylic acids is 1. The molecule has 0 N–H and O–H groups in total. The lowest BCUT2D eigenvalue weighted by Gasteiger charge is -2.51. The normalized spacial score (nSPS) is 31.9. The van der Waals surface area contributed by atoms with E-state index in [1.54, 1.807) is 19.2 Å². The van der Waals surface area contributed by atoms with Crippen LogP contribution in [-0.2, 0) is 9.53 Å². The number of rotatable bonds is 7. The molecule has 0 unspecified atom stereocenters. The second-order valence-corrected chi connectivity index (χ2v) is 8.36. The molecule has 1 aromatic carbocycles. The first-order valence-electron chi connectivity index (χ1n) is 10.5. The summed E-state index contributed by atoms with van der Waals surface area (Å²) in [6, 6.07) is 7.69. The van der Waals surface area contributed by atoms with Crippen LogP contribution in [0, 0.1) is 11.7 Å². The van der Waals surface area contributed by atoms with E-state index in [9.17, 15) is 9.18 Å². The van der Waals surface area contributed by atoms with Crippen LogP contribution >= 0.6 is 0 Å². The Hall–Kier alpha value is -1.46. The highest BCUT2D eigenvalue weighted by atomic mass is 19.1. The van der Waals surface area contributed by atoms with Gasteiger partial charge in [-0.2, -0.15) is 0 Å². The van der Waals surface area contributed by atoms with Crippen molar-refractivity contribution >= 4 is 5.91 Å². The number of methoxy groups -OCH3 is 1. The van der Waals surface area contributed by atoms with E-state index in [2.05, 4.69) is 9.80 Å². The lowest BCUT2D eigenvalue weighted by atomic mass is 9.75. The molecule has 5 heteroatoms. The fourth-order valence-electron chi connectivity index (χ4n) is 5.55. The molecule has 4 fully saturated rings. The maximum atomic E-state index is 13.4. The molecule has 0 spiro atoms. The fourth-order valence-corrected chi connectivity index (χ4v) is 5.55. The van der Waals surface area contributed by atoms with Gasteiger partial charge in [0, 0.05) is 38.6 Å². The van der Waals surface area contributed by atoms with Crippen LogP contribution in [0.3, 0.4) is 0 Å². The van der Waals surface area contributed by atoms with Gasteiger partial charge in [-0.1, -0.05) is 18.6 Å². The lowest BCUT2D eigenvalue weighted by molar-refractivity contribution is -0.136. The van der Waals surface area contributed by atoms with Gasteiger partial charge in [0.05, 0.1) is 6.04 Å². The number of likely N-dealkylation sites (tertiary alicyclic amines) is 1. The SMILES string of the molecule is COCCCCCC(=O)N1C[C@@H](c2ccc(F)cc2)[C@@H]2[C@H]1C1CCN2CC1. The first-order valence-corrected chi connectivity index (χ1v) is 10.5. The van der Waals surface area contributed by atoms with Crippen molar-refractivity contribution in [2.24, 2.45) is 5.92 Å². The van der Waals surface area contributed by atoms with Crippen molar-refractivity contribution in [2.45, 2.75) is 56.5 Å². The molecular formula is C22H31FN2O2. The Labute approximate surface area is 161 Å². The summed E-state index contributed by atoms with van der Waals surface area (Å²) in [6.45, 7) is 3.84. The number of amides is 1. The Balaban J connectivity index is 1.49. The molecule has 148 valence electrons. The van der Waals surface area contributed by atoms with E-state index in [1.807, 2.05) is 12.1 Å². The largest absolute Gasteiger partial charge is 0.385 e. The summed E-state index contributed by atoms with van der Waals surface area (Å²) in [5.41, 5.74) is 1.18. The highest BCUT2D eigenvalue weighted by molar-refractivity contribution is 5.77. The van der Waals surface area contributed by atoms with Gasteiger partial charge in [-0.3, -0.25) is 9.69 Å². The van der Waals surface area contributed by atoms with Gasteiger partial charge in [-0.15, -0.1) is 0 Å². The van der Waals surface area contributed by atoms with Crippen molar-refractivity contribution in [2.75, 3.05) is 33.4 Å². The molecule has 27 heavy (non-hydrogen) atoms. The summed E-state index contributed by atoms with van der Waals surface area (Å²) in [5, 5.41) is 0. The zero-order chi connectivity index (χ0) is 18.8. The molecule has 4 saturated heterocycles. The predicted molar refractivity (Wildman–Crippen MR) is 103 cm³/mol. The van der Waals surface area contributed by atoms with E-state index in [0.717, 1.165) is 45.5 Å². The minimum atomic E-state index is -0.192. The molecular weight excluding hydrogens is 343 g/mol. The van der Waals surface area contributed by atoms with Crippen LogP contribution in [0.2, 0.25) is 0 Å². The average Bonchev–Trinajstić information content (AvgIpc) is 3.12. The molecule has 4 aliphatic heterocycles. The number of ether oxygens (including phenoxy) is 1. The number of carbonyl (C=O) groups is 1. The lowest BCUT2D eigenvalue weighted by Crippen LogP contribution is -2.60. The van der Waals surface area contributed by atoms with Crippen LogP contribution in [0.15, 0.2) is 24.3 Å². The Morgan fingerprint density at radius 2 is 1.85 bits per heavy atom. The predicted octanol–water partition coefficient (Wildman–Crippen LogP) is 3.42. The molecule has 5 rings (SSSR count). The number of halogens is 1. The topological polar surface area (TPSA) is 32.8 Å². The second-order valence-electron chi connectivity index (χ2n) is 8.36. The Morgan fingerprint density at radius 3 is 2.56 bits per heavy atom. The molecule has 2 bridgehead atoms. The molecule has 4 heterocycles. The van der Waals surface area contributed by atoms with E-state index >= 15 is 0 Å². The van der Waals surface area contributed by atoms with Crippen LogP contribution in [0.4, 0.5) is 4.39 Å². The zero-order valence-corrected chi connectivity index (χ0v) is 16.3. The van der Waals surface area contributed by atoms with Crippen molar-refractivity contribution in [1.29, 1.82) is 0 Å². The van der Waals surface area contributed by atoms with Gasteiger partial charge in [-0.25, -0.2) is 4.39 Å². The molecule has 1 amide bonds. The minimum Gasteiger partial charge on any atom is -0.385 e. The van der Waals surface area contributed by atoms with E-state index in [-0.39, 0.29) is 5.82 Å². The smallest absolute Gasteiger partial charge is 0.222 e. The average molecular weight is 375 g/mol. The van der Waals surface area contributed by atoms with Crippen molar-refractivity contribution in [3.05, 3.63) is 35.6 Å². The van der Waals surface area contributed by atoms with E-state index in [4.69, 9.17) is 4.74 Å². The van der Waals surface area contributed by atoms with Gasteiger partial charge >= 0.3 is 0 Å². The highest BCUT2D eigenvalue weighted by Gasteiger charge is 2.54.